The average Bonchev–Trinajstić information content (AvgIpc) is 2.49. The van der Waals surface area contributed by atoms with Gasteiger partial charge < -0.3 is 14.6 Å². The van der Waals surface area contributed by atoms with E-state index in [0.717, 1.165) is 25.7 Å². The summed E-state index contributed by atoms with van der Waals surface area (Å²) in [7, 11) is 1.61. The summed E-state index contributed by atoms with van der Waals surface area (Å²) < 4.78 is 10.5. The number of ether oxygens (including phenoxy) is 2. The smallest absolute Gasteiger partial charge is 0.0774 e. The Morgan fingerprint density at radius 2 is 2.31 bits per heavy atom. The van der Waals surface area contributed by atoms with Crippen molar-refractivity contribution in [1.82, 2.24) is 0 Å². The number of rotatable bonds is 5. The highest BCUT2D eigenvalue weighted by Crippen LogP contribution is 2.22. The molecule has 0 spiro atoms. The van der Waals surface area contributed by atoms with Crippen LogP contribution in [0.3, 0.4) is 0 Å². The maximum atomic E-state index is 9.39. The number of methoxy groups -OCH3 is 1. The van der Waals surface area contributed by atoms with Crippen molar-refractivity contribution in [3.05, 3.63) is 0 Å². The lowest BCUT2D eigenvalue weighted by molar-refractivity contribution is 0.0222. The van der Waals surface area contributed by atoms with E-state index in [-0.39, 0.29) is 6.10 Å². The molecule has 1 heterocycles. The van der Waals surface area contributed by atoms with E-state index in [9.17, 15) is 5.11 Å². The van der Waals surface area contributed by atoms with Crippen molar-refractivity contribution >= 4 is 0 Å². The largest absolute Gasteiger partial charge is 0.391 e. The molecule has 1 rings (SSSR count). The second kappa shape index (κ2) is 5.58. The molecule has 0 radical (unpaired) electrons. The normalized spacial score (nSPS) is 30.7. The molecule has 1 fully saturated rings. The van der Waals surface area contributed by atoms with Crippen molar-refractivity contribution in [3.8, 4) is 0 Å². The Hall–Kier alpha value is -0.120. The average molecular weight is 188 g/mol. The summed E-state index contributed by atoms with van der Waals surface area (Å²) in [4.78, 5) is 0. The molecule has 0 bridgehead atoms. The second-order valence-corrected chi connectivity index (χ2v) is 3.83. The third-order valence-electron chi connectivity index (χ3n) is 2.50. The summed E-state index contributed by atoms with van der Waals surface area (Å²) in [5, 5.41) is 9.39. The molecule has 0 amide bonds. The van der Waals surface area contributed by atoms with Gasteiger partial charge in [-0.15, -0.1) is 0 Å². The Bertz CT molecular complexity index is 138. The molecule has 3 nitrogen and oxygen atoms in total. The molecular formula is C10H20O3. The molecule has 13 heavy (non-hydrogen) atoms. The first-order chi connectivity index (χ1) is 6.22. The molecule has 1 aliphatic rings. The first-order valence-electron chi connectivity index (χ1n) is 5.05. The van der Waals surface area contributed by atoms with Gasteiger partial charge in [-0.05, 0) is 32.6 Å². The van der Waals surface area contributed by atoms with E-state index >= 15 is 0 Å². The monoisotopic (exact) mass is 188 g/mol. The lowest BCUT2D eigenvalue weighted by Gasteiger charge is -2.13. The van der Waals surface area contributed by atoms with Gasteiger partial charge >= 0.3 is 0 Å². The molecule has 3 unspecified atom stereocenters. The van der Waals surface area contributed by atoms with Gasteiger partial charge in [0.25, 0.3) is 0 Å². The van der Waals surface area contributed by atoms with Crippen LogP contribution in [-0.4, -0.2) is 37.1 Å². The van der Waals surface area contributed by atoms with Crippen molar-refractivity contribution in [1.29, 1.82) is 0 Å². The van der Waals surface area contributed by atoms with E-state index < -0.39 is 0 Å². The fourth-order valence-electron chi connectivity index (χ4n) is 1.75. The Kier molecular flexibility index (Phi) is 4.70. The zero-order valence-electron chi connectivity index (χ0n) is 8.53. The predicted molar refractivity (Wildman–Crippen MR) is 50.7 cm³/mol. The van der Waals surface area contributed by atoms with Crippen molar-refractivity contribution in [2.45, 2.75) is 50.9 Å². The fourth-order valence-corrected chi connectivity index (χ4v) is 1.75. The number of aliphatic hydroxyl groups excluding tert-OH is 1. The SMILES string of the molecule is COCC(O)CCC1CCC(C)O1. The molecule has 0 aromatic carbocycles. The molecule has 1 N–H and O–H groups in total. The highest BCUT2D eigenvalue weighted by Gasteiger charge is 2.22. The first kappa shape index (κ1) is 11.0. The van der Waals surface area contributed by atoms with Crippen LogP contribution in [0, 0.1) is 0 Å². The number of hydrogen-bond donors (Lipinski definition) is 1. The Labute approximate surface area is 80.0 Å². The van der Waals surface area contributed by atoms with E-state index in [1.807, 2.05) is 0 Å². The van der Waals surface area contributed by atoms with E-state index in [0.29, 0.717) is 18.8 Å². The Morgan fingerprint density at radius 1 is 1.54 bits per heavy atom. The van der Waals surface area contributed by atoms with Crippen molar-refractivity contribution in [3.63, 3.8) is 0 Å². The molecular weight excluding hydrogens is 168 g/mol. The minimum absolute atomic E-state index is 0.329. The minimum atomic E-state index is -0.329. The van der Waals surface area contributed by atoms with Crippen LogP contribution in [0.15, 0.2) is 0 Å². The van der Waals surface area contributed by atoms with Crippen LogP contribution in [0.1, 0.15) is 32.6 Å². The zero-order chi connectivity index (χ0) is 9.68. The Balaban J connectivity index is 2.05. The van der Waals surface area contributed by atoms with Crippen LogP contribution < -0.4 is 0 Å². The van der Waals surface area contributed by atoms with E-state index in [1.54, 1.807) is 7.11 Å². The minimum Gasteiger partial charge on any atom is -0.391 e. The van der Waals surface area contributed by atoms with E-state index in [1.165, 1.54) is 0 Å². The lowest BCUT2D eigenvalue weighted by atomic mass is 10.1. The molecule has 3 heteroatoms. The van der Waals surface area contributed by atoms with Crippen LogP contribution in [0.2, 0.25) is 0 Å². The van der Waals surface area contributed by atoms with Crippen molar-refractivity contribution in [2.75, 3.05) is 13.7 Å². The number of aliphatic hydroxyl groups is 1. The van der Waals surface area contributed by atoms with Gasteiger partial charge in [-0.25, -0.2) is 0 Å². The van der Waals surface area contributed by atoms with Crippen molar-refractivity contribution < 1.29 is 14.6 Å². The first-order valence-corrected chi connectivity index (χ1v) is 5.05. The zero-order valence-corrected chi connectivity index (χ0v) is 8.53. The van der Waals surface area contributed by atoms with Gasteiger partial charge in [0.2, 0.25) is 0 Å². The molecule has 0 aliphatic carbocycles. The van der Waals surface area contributed by atoms with Crippen LogP contribution in [0.4, 0.5) is 0 Å². The van der Waals surface area contributed by atoms with E-state index in [2.05, 4.69) is 6.92 Å². The number of hydrogen-bond acceptors (Lipinski definition) is 3. The fraction of sp³-hybridized carbons (Fsp3) is 1.00. The molecule has 3 atom stereocenters. The van der Waals surface area contributed by atoms with Gasteiger partial charge in [-0.3, -0.25) is 0 Å². The predicted octanol–water partition coefficient (Wildman–Crippen LogP) is 1.34. The highest BCUT2D eigenvalue weighted by atomic mass is 16.5. The van der Waals surface area contributed by atoms with Gasteiger partial charge in [0.1, 0.15) is 0 Å². The molecule has 0 saturated carbocycles. The maximum absolute atomic E-state index is 9.39. The van der Waals surface area contributed by atoms with Gasteiger partial charge in [-0.2, -0.15) is 0 Å². The second-order valence-electron chi connectivity index (χ2n) is 3.83. The lowest BCUT2D eigenvalue weighted by Crippen LogP contribution is -2.17. The summed E-state index contributed by atoms with van der Waals surface area (Å²) in [6.07, 6.45) is 4.47. The third-order valence-corrected chi connectivity index (χ3v) is 2.50. The van der Waals surface area contributed by atoms with Crippen LogP contribution in [0.25, 0.3) is 0 Å². The standard InChI is InChI=1S/C10H20O3/c1-8-3-5-10(13-8)6-4-9(11)7-12-2/h8-11H,3-7H2,1-2H3. The van der Waals surface area contributed by atoms with Gasteiger partial charge in [0.05, 0.1) is 24.9 Å². The Morgan fingerprint density at radius 3 is 2.85 bits per heavy atom. The molecule has 0 aromatic heterocycles. The van der Waals surface area contributed by atoms with E-state index in [4.69, 9.17) is 9.47 Å². The third kappa shape index (κ3) is 4.07. The molecule has 1 aliphatic heterocycles. The van der Waals surface area contributed by atoms with Crippen LogP contribution >= 0.6 is 0 Å². The highest BCUT2D eigenvalue weighted by molar-refractivity contribution is 4.71. The summed E-state index contributed by atoms with van der Waals surface area (Å²) in [5.41, 5.74) is 0. The summed E-state index contributed by atoms with van der Waals surface area (Å²) in [6.45, 7) is 2.54. The summed E-state index contributed by atoms with van der Waals surface area (Å²) in [6, 6.07) is 0. The maximum Gasteiger partial charge on any atom is 0.0774 e. The topological polar surface area (TPSA) is 38.7 Å². The molecule has 78 valence electrons. The van der Waals surface area contributed by atoms with Crippen molar-refractivity contribution in [2.24, 2.45) is 0 Å². The summed E-state index contributed by atoms with van der Waals surface area (Å²) in [5.74, 6) is 0. The summed E-state index contributed by atoms with van der Waals surface area (Å²) >= 11 is 0. The molecule has 0 aromatic rings. The van der Waals surface area contributed by atoms with Gasteiger partial charge in [-0.1, -0.05) is 0 Å². The van der Waals surface area contributed by atoms with Crippen LogP contribution in [-0.2, 0) is 9.47 Å². The van der Waals surface area contributed by atoms with Gasteiger partial charge in [0.15, 0.2) is 0 Å². The van der Waals surface area contributed by atoms with Crippen LogP contribution in [0.5, 0.6) is 0 Å². The molecule has 1 saturated heterocycles. The van der Waals surface area contributed by atoms with Gasteiger partial charge in [0, 0.05) is 7.11 Å². The quantitative estimate of drug-likeness (QED) is 0.707.